The minimum atomic E-state index is -4.66. The zero-order chi connectivity index (χ0) is 23.9. The molecule has 0 atom stereocenters. The minimum absolute atomic E-state index is 0.0129. The number of carbonyl (C=O) groups excluding carboxylic acids is 2. The van der Waals surface area contributed by atoms with Crippen molar-refractivity contribution in [2.75, 3.05) is 41.3 Å². The van der Waals surface area contributed by atoms with E-state index >= 15 is 0 Å². The van der Waals surface area contributed by atoms with Gasteiger partial charge in [-0.1, -0.05) is 6.07 Å². The van der Waals surface area contributed by atoms with E-state index in [-0.39, 0.29) is 23.5 Å². The number of fused-ring (bicyclic) bond motifs is 1. The van der Waals surface area contributed by atoms with Gasteiger partial charge in [-0.3, -0.25) is 9.69 Å². The fourth-order valence-corrected chi connectivity index (χ4v) is 4.21. The molecule has 1 aromatic carbocycles. The molecule has 4 heterocycles. The van der Waals surface area contributed by atoms with Gasteiger partial charge >= 0.3 is 12.2 Å². The van der Waals surface area contributed by atoms with Gasteiger partial charge in [0, 0.05) is 43.5 Å². The summed E-state index contributed by atoms with van der Waals surface area (Å²) in [5.74, 6) is -1.19. The third-order valence-corrected chi connectivity index (χ3v) is 5.97. The smallest absolute Gasteiger partial charge is 0.355 e. The first-order chi connectivity index (χ1) is 16.3. The lowest BCUT2D eigenvalue weighted by Gasteiger charge is -2.32. The number of anilines is 3. The van der Waals surface area contributed by atoms with Crippen LogP contribution in [0, 0.1) is 5.92 Å². The molecule has 2 aliphatic heterocycles. The quantitative estimate of drug-likeness (QED) is 0.602. The molecule has 13 heteroatoms. The molecule has 2 aromatic heterocycles. The first-order valence-electron chi connectivity index (χ1n) is 10.8. The molecule has 34 heavy (non-hydrogen) atoms. The van der Waals surface area contributed by atoms with Crippen LogP contribution in [0.25, 0.3) is 5.65 Å². The van der Waals surface area contributed by atoms with Crippen LogP contribution in [0.5, 0.6) is 0 Å². The SMILES string of the molecule is O=C(Nc1cccc(N2CCNC2=O)c1)C1CCN(c2ccc3nnc(C(F)(F)F)n3n2)CC1. The van der Waals surface area contributed by atoms with Crippen molar-refractivity contribution in [1.82, 2.24) is 25.1 Å². The lowest BCUT2D eigenvalue weighted by atomic mass is 9.96. The highest BCUT2D eigenvalue weighted by molar-refractivity contribution is 5.96. The van der Waals surface area contributed by atoms with Crippen molar-refractivity contribution in [3.05, 3.63) is 42.2 Å². The Labute approximate surface area is 191 Å². The fraction of sp³-hybridized carbons (Fsp3) is 0.381. The number of rotatable bonds is 4. The highest BCUT2D eigenvalue weighted by Gasteiger charge is 2.38. The van der Waals surface area contributed by atoms with Crippen molar-refractivity contribution in [3.8, 4) is 0 Å². The number of hydrogen-bond acceptors (Lipinski definition) is 6. The van der Waals surface area contributed by atoms with Crippen LogP contribution in [0.3, 0.4) is 0 Å². The van der Waals surface area contributed by atoms with Gasteiger partial charge < -0.3 is 15.5 Å². The van der Waals surface area contributed by atoms with Gasteiger partial charge in [0.25, 0.3) is 5.82 Å². The molecule has 3 amide bonds. The summed E-state index contributed by atoms with van der Waals surface area (Å²) >= 11 is 0. The molecule has 0 saturated carbocycles. The summed E-state index contributed by atoms with van der Waals surface area (Å²) in [5.41, 5.74) is 1.32. The third-order valence-electron chi connectivity index (χ3n) is 5.97. The number of halogens is 3. The second-order valence-corrected chi connectivity index (χ2v) is 8.17. The summed E-state index contributed by atoms with van der Waals surface area (Å²) < 4.78 is 40.1. The van der Waals surface area contributed by atoms with Crippen molar-refractivity contribution in [1.29, 1.82) is 0 Å². The second-order valence-electron chi connectivity index (χ2n) is 8.17. The van der Waals surface area contributed by atoms with Crippen LogP contribution in [0.2, 0.25) is 0 Å². The molecule has 0 aliphatic carbocycles. The van der Waals surface area contributed by atoms with E-state index in [2.05, 4.69) is 25.9 Å². The van der Waals surface area contributed by atoms with Gasteiger partial charge in [0.15, 0.2) is 5.65 Å². The van der Waals surface area contributed by atoms with Crippen molar-refractivity contribution >= 4 is 34.8 Å². The highest BCUT2D eigenvalue weighted by atomic mass is 19.4. The fourth-order valence-electron chi connectivity index (χ4n) is 4.21. The van der Waals surface area contributed by atoms with E-state index in [1.807, 2.05) is 11.0 Å². The molecular weight excluding hydrogens is 453 g/mol. The Balaban J connectivity index is 1.22. The molecule has 10 nitrogen and oxygen atoms in total. The number of carbonyl (C=O) groups is 2. The van der Waals surface area contributed by atoms with Gasteiger partial charge in [-0.15, -0.1) is 15.3 Å². The second kappa shape index (κ2) is 8.47. The summed E-state index contributed by atoms with van der Waals surface area (Å²) in [4.78, 5) is 28.2. The van der Waals surface area contributed by atoms with Gasteiger partial charge in [0.2, 0.25) is 5.91 Å². The molecule has 0 radical (unpaired) electrons. The van der Waals surface area contributed by atoms with E-state index in [0.29, 0.717) is 60.7 Å². The Kier molecular flexibility index (Phi) is 5.46. The number of hydrogen-bond donors (Lipinski definition) is 2. The van der Waals surface area contributed by atoms with Crippen LogP contribution in [0.15, 0.2) is 36.4 Å². The Morgan fingerprint density at radius 1 is 1.09 bits per heavy atom. The zero-order valence-electron chi connectivity index (χ0n) is 17.9. The van der Waals surface area contributed by atoms with Gasteiger partial charge in [0.1, 0.15) is 5.82 Å². The minimum Gasteiger partial charge on any atom is -0.355 e. The third kappa shape index (κ3) is 4.20. The largest absolute Gasteiger partial charge is 0.453 e. The number of urea groups is 1. The van der Waals surface area contributed by atoms with E-state index in [9.17, 15) is 22.8 Å². The van der Waals surface area contributed by atoms with Gasteiger partial charge in [-0.25, -0.2) is 4.79 Å². The van der Waals surface area contributed by atoms with Crippen LogP contribution in [0.4, 0.5) is 35.2 Å². The summed E-state index contributed by atoms with van der Waals surface area (Å²) in [7, 11) is 0. The summed E-state index contributed by atoms with van der Waals surface area (Å²) in [6.45, 7) is 2.07. The van der Waals surface area contributed by atoms with Gasteiger partial charge in [0.05, 0.1) is 0 Å². The lowest BCUT2D eigenvalue weighted by molar-refractivity contribution is -0.146. The van der Waals surface area contributed by atoms with Crippen LogP contribution in [0.1, 0.15) is 18.7 Å². The summed E-state index contributed by atoms with van der Waals surface area (Å²) in [6.07, 6.45) is -3.62. The predicted molar refractivity (Wildman–Crippen MR) is 117 cm³/mol. The van der Waals surface area contributed by atoms with Crippen LogP contribution >= 0.6 is 0 Å². The number of alkyl halides is 3. The molecule has 2 saturated heterocycles. The van der Waals surface area contributed by atoms with E-state index < -0.39 is 12.0 Å². The maximum atomic E-state index is 13.1. The molecule has 0 unspecified atom stereocenters. The number of nitrogens with zero attached hydrogens (tertiary/aromatic N) is 6. The molecule has 178 valence electrons. The van der Waals surface area contributed by atoms with Crippen molar-refractivity contribution in [2.45, 2.75) is 19.0 Å². The number of amides is 3. The molecular formula is C21H21F3N8O2. The molecule has 5 rings (SSSR count). The van der Waals surface area contributed by atoms with Crippen molar-refractivity contribution in [2.24, 2.45) is 5.92 Å². The number of piperidine rings is 1. The Bertz CT molecular complexity index is 1240. The molecule has 0 spiro atoms. The number of aromatic nitrogens is 4. The summed E-state index contributed by atoms with van der Waals surface area (Å²) in [5, 5.41) is 16.4. The Morgan fingerprint density at radius 3 is 2.59 bits per heavy atom. The van der Waals surface area contributed by atoms with Gasteiger partial charge in [-0.2, -0.15) is 17.7 Å². The number of benzene rings is 1. The maximum absolute atomic E-state index is 13.1. The first kappa shape index (κ1) is 21.9. The van der Waals surface area contributed by atoms with Crippen molar-refractivity contribution < 1.29 is 22.8 Å². The standard InChI is InChI=1S/C21H21F3N8O2/c22-21(23,24)19-28-27-16-4-5-17(29-32(16)19)30-9-6-13(7-10-30)18(33)26-14-2-1-3-15(12-14)31-11-8-25-20(31)34/h1-5,12-13H,6-11H2,(H,25,34)(H,26,33). The molecule has 2 aliphatic rings. The van der Waals surface area contributed by atoms with Crippen LogP contribution < -0.4 is 20.4 Å². The molecule has 2 N–H and O–H groups in total. The van der Waals surface area contributed by atoms with Crippen molar-refractivity contribution in [3.63, 3.8) is 0 Å². The Morgan fingerprint density at radius 2 is 1.88 bits per heavy atom. The zero-order valence-corrected chi connectivity index (χ0v) is 17.9. The lowest BCUT2D eigenvalue weighted by Crippen LogP contribution is -2.38. The highest BCUT2D eigenvalue weighted by Crippen LogP contribution is 2.29. The topological polar surface area (TPSA) is 108 Å². The molecule has 0 bridgehead atoms. The first-order valence-corrected chi connectivity index (χ1v) is 10.8. The maximum Gasteiger partial charge on any atom is 0.453 e. The normalized spacial score (nSPS) is 17.3. The predicted octanol–water partition coefficient (Wildman–Crippen LogP) is 2.53. The van der Waals surface area contributed by atoms with E-state index in [0.717, 1.165) is 0 Å². The van der Waals surface area contributed by atoms with E-state index in [4.69, 9.17) is 0 Å². The van der Waals surface area contributed by atoms with E-state index in [1.54, 1.807) is 29.2 Å². The molecule has 2 fully saturated rings. The van der Waals surface area contributed by atoms with E-state index in [1.165, 1.54) is 6.07 Å². The van der Waals surface area contributed by atoms with Crippen LogP contribution in [-0.2, 0) is 11.0 Å². The average molecular weight is 474 g/mol. The Hall–Kier alpha value is -3.90. The average Bonchev–Trinajstić information content (AvgIpc) is 3.45. The molecule has 3 aromatic rings. The number of nitrogens with one attached hydrogen (secondary N) is 2. The van der Waals surface area contributed by atoms with Crippen LogP contribution in [-0.4, -0.2) is 57.9 Å². The van der Waals surface area contributed by atoms with Gasteiger partial charge in [-0.05, 0) is 43.2 Å². The monoisotopic (exact) mass is 474 g/mol. The summed E-state index contributed by atoms with van der Waals surface area (Å²) in [6, 6.07) is 9.98.